The summed E-state index contributed by atoms with van der Waals surface area (Å²) in [5.41, 5.74) is 1.94. The van der Waals surface area contributed by atoms with Gasteiger partial charge in [0.05, 0.1) is 30.6 Å². The molecular formula is C17H20N2O2. The van der Waals surface area contributed by atoms with Crippen LogP contribution >= 0.6 is 0 Å². The van der Waals surface area contributed by atoms with Crippen LogP contribution in [0.1, 0.15) is 32.1 Å². The third kappa shape index (κ3) is 2.23. The molecule has 3 aromatic rings. The molecule has 1 aliphatic rings. The number of nitrogens with zero attached hydrogens (tertiary/aromatic N) is 2. The molecule has 1 aromatic carbocycles. The summed E-state index contributed by atoms with van der Waals surface area (Å²) in [6, 6.07) is 5.97. The number of aliphatic hydroxyl groups excluding tert-OH is 1. The van der Waals surface area contributed by atoms with E-state index in [0.29, 0.717) is 12.5 Å². The molecule has 0 radical (unpaired) electrons. The second kappa shape index (κ2) is 5.19. The van der Waals surface area contributed by atoms with Gasteiger partial charge in [0.2, 0.25) is 0 Å². The van der Waals surface area contributed by atoms with Crippen LogP contribution in [0.15, 0.2) is 35.1 Å². The predicted molar refractivity (Wildman–Crippen MR) is 82.1 cm³/mol. The molecule has 1 fully saturated rings. The summed E-state index contributed by atoms with van der Waals surface area (Å²) in [5, 5.41) is 17.2. The molecule has 1 N–H and O–H groups in total. The van der Waals surface area contributed by atoms with Gasteiger partial charge in [-0.2, -0.15) is 5.10 Å². The zero-order valence-corrected chi connectivity index (χ0v) is 12.0. The Morgan fingerprint density at radius 1 is 1.24 bits per heavy atom. The van der Waals surface area contributed by atoms with Crippen LogP contribution < -0.4 is 0 Å². The molecule has 2 aromatic heterocycles. The van der Waals surface area contributed by atoms with Gasteiger partial charge in [-0.15, -0.1) is 0 Å². The van der Waals surface area contributed by atoms with E-state index in [2.05, 4.69) is 5.10 Å². The second-order valence-electron chi connectivity index (χ2n) is 6.13. The fourth-order valence-electron chi connectivity index (χ4n) is 3.61. The van der Waals surface area contributed by atoms with Gasteiger partial charge in [0.25, 0.3) is 0 Å². The highest BCUT2D eigenvalue weighted by Gasteiger charge is 2.23. The van der Waals surface area contributed by atoms with Crippen molar-refractivity contribution in [3.05, 3.63) is 30.7 Å². The third-order valence-electron chi connectivity index (χ3n) is 4.79. The lowest BCUT2D eigenvalue weighted by atomic mass is 9.85. The van der Waals surface area contributed by atoms with Gasteiger partial charge in [-0.05, 0) is 37.0 Å². The fraction of sp³-hybridized carbons (Fsp3) is 0.471. The maximum absolute atomic E-state index is 10.5. The Balaban J connectivity index is 1.68. The van der Waals surface area contributed by atoms with Gasteiger partial charge >= 0.3 is 0 Å². The van der Waals surface area contributed by atoms with Crippen molar-refractivity contribution in [1.82, 2.24) is 9.78 Å². The molecule has 0 bridgehead atoms. The third-order valence-corrected chi connectivity index (χ3v) is 4.79. The Bertz CT molecular complexity index is 752. The minimum Gasteiger partial charge on any atom is -0.464 e. The van der Waals surface area contributed by atoms with E-state index in [1.807, 2.05) is 29.1 Å². The van der Waals surface area contributed by atoms with Crippen molar-refractivity contribution in [1.29, 1.82) is 0 Å². The van der Waals surface area contributed by atoms with Gasteiger partial charge in [0.1, 0.15) is 5.58 Å². The zero-order chi connectivity index (χ0) is 14.2. The summed E-state index contributed by atoms with van der Waals surface area (Å²) >= 11 is 0. The van der Waals surface area contributed by atoms with Gasteiger partial charge in [-0.25, -0.2) is 0 Å². The molecule has 0 aliphatic heterocycles. The number of furan rings is 1. The molecule has 1 unspecified atom stereocenters. The number of aliphatic hydroxyl groups is 1. The van der Waals surface area contributed by atoms with E-state index in [0.717, 1.165) is 34.7 Å². The molecule has 1 aliphatic carbocycles. The van der Waals surface area contributed by atoms with Crippen LogP contribution in [-0.4, -0.2) is 21.0 Å². The van der Waals surface area contributed by atoms with Crippen molar-refractivity contribution in [2.24, 2.45) is 5.92 Å². The smallest absolute Gasteiger partial charge is 0.136 e. The fourth-order valence-corrected chi connectivity index (χ4v) is 3.61. The van der Waals surface area contributed by atoms with Crippen LogP contribution in [0, 0.1) is 5.92 Å². The highest BCUT2D eigenvalue weighted by Crippen LogP contribution is 2.29. The van der Waals surface area contributed by atoms with Gasteiger partial charge in [-0.3, -0.25) is 4.68 Å². The SMILES string of the molecule is OC(Cn1ncc2ccc3occc3c21)C1CCCCC1. The molecule has 2 heterocycles. The highest BCUT2D eigenvalue weighted by molar-refractivity contribution is 6.03. The normalized spacial score (nSPS) is 18.5. The molecule has 0 spiro atoms. The van der Waals surface area contributed by atoms with E-state index >= 15 is 0 Å². The van der Waals surface area contributed by atoms with Crippen molar-refractivity contribution < 1.29 is 9.52 Å². The van der Waals surface area contributed by atoms with Crippen molar-refractivity contribution >= 4 is 21.9 Å². The largest absolute Gasteiger partial charge is 0.464 e. The van der Waals surface area contributed by atoms with Gasteiger partial charge in [0, 0.05) is 10.8 Å². The Labute approximate surface area is 123 Å². The standard InChI is InChI=1S/C17H20N2O2/c20-15(12-4-2-1-3-5-12)11-19-17-13(10-18-19)6-7-16-14(17)8-9-21-16/h6-10,12,15,20H,1-5,11H2. The second-order valence-corrected chi connectivity index (χ2v) is 6.13. The summed E-state index contributed by atoms with van der Waals surface area (Å²) in [7, 11) is 0. The summed E-state index contributed by atoms with van der Waals surface area (Å²) in [6.45, 7) is 0.568. The van der Waals surface area contributed by atoms with E-state index in [1.165, 1.54) is 19.3 Å². The van der Waals surface area contributed by atoms with E-state index in [-0.39, 0.29) is 6.10 Å². The molecular weight excluding hydrogens is 264 g/mol. The number of hydrogen-bond donors (Lipinski definition) is 1. The summed E-state index contributed by atoms with van der Waals surface area (Å²) in [5.74, 6) is 0.418. The molecule has 0 saturated heterocycles. The van der Waals surface area contributed by atoms with Crippen LogP contribution in [0.5, 0.6) is 0 Å². The summed E-state index contributed by atoms with van der Waals surface area (Å²) in [6.07, 6.45) is 9.35. The first-order valence-electron chi connectivity index (χ1n) is 7.83. The maximum atomic E-state index is 10.5. The van der Waals surface area contributed by atoms with E-state index in [1.54, 1.807) is 6.26 Å². The van der Waals surface area contributed by atoms with Crippen LogP contribution in [0.25, 0.3) is 21.9 Å². The van der Waals surface area contributed by atoms with Crippen LogP contribution in [-0.2, 0) is 6.54 Å². The van der Waals surface area contributed by atoms with Crippen molar-refractivity contribution in [3.8, 4) is 0 Å². The molecule has 0 amide bonds. The van der Waals surface area contributed by atoms with E-state index in [9.17, 15) is 5.11 Å². The number of hydrogen-bond acceptors (Lipinski definition) is 3. The van der Waals surface area contributed by atoms with Gasteiger partial charge in [0.15, 0.2) is 0 Å². The van der Waals surface area contributed by atoms with Gasteiger partial charge < -0.3 is 9.52 Å². The minimum atomic E-state index is -0.310. The average Bonchev–Trinajstić information content (AvgIpc) is 3.14. The molecule has 1 atom stereocenters. The Hall–Kier alpha value is -1.81. The Morgan fingerprint density at radius 2 is 2.10 bits per heavy atom. The lowest BCUT2D eigenvalue weighted by Crippen LogP contribution is -2.27. The average molecular weight is 284 g/mol. The summed E-state index contributed by atoms with van der Waals surface area (Å²) < 4.78 is 7.41. The molecule has 110 valence electrons. The highest BCUT2D eigenvalue weighted by atomic mass is 16.3. The molecule has 4 rings (SSSR count). The Kier molecular flexibility index (Phi) is 3.19. The molecule has 4 nitrogen and oxygen atoms in total. The van der Waals surface area contributed by atoms with Crippen molar-refractivity contribution in [2.75, 3.05) is 0 Å². The molecule has 21 heavy (non-hydrogen) atoms. The number of fused-ring (bicyclic) bond motifs is 3. The Morgan fingerprint density at radius 3 is 2.95 bits per heavy atom. The van der Waals surface area contributed by atoms with Crippen molar-refractivity contribution in [3.63, 3.8) is 0 Å². The first-order valence-corrected chi connectivity index (χ1v) is 7.83. The molecule has 1 saturated carbocycles. The monoisotopic (exact) mass is 284 g/mol. The topological polar surface area (TPSA) is 51.2 Å². The predicted octanol–water partition coefficient (Wildman–Crippen LogP) is 3.72. The van der Waals surface area contributed by atoms with E-state index in [4.69, 9.17) is 4.42 Å². The quantitative estimate of drug-likeness (QED) is 0.797. The zero-order valence-electron chi connectivity index (χ0n) is 12.0. The molecule has 4 heteroatoms. The van der Waals surface area contributed by atoms with Crippen LogP contribution in [0.4, 0.5) is 0 Å². The first kappa shape index (κ1) is 12.9. The van der Waals surface area contributed by atoms with Crippen LogP contribution in [0.2, 0.25) is 0 Å². The first-order chi connectivity index (χ1) is 10.3. The minimum absolute atomic E-state index is 0.310. The van der Waals surface area contributed by atoms with E-state index < -0.39 is 0 Å². The lowest BCUT2D eigenvalue weighted by molar-refractivity contribution is 0.0677. The lowest BCUT2D eigenvalue weighted by Gasteiger charge is -2.26. The van der Waals surface area contributed by atoms with Crippen molar-refractivity contribution in [2.45, 2.75) is 44.8 Å². The summed E-state index contributed by atoms with van der Waals surface area (Å²) in [4.78, 5) is 0. The van der Waals surface area contributed by atoms with Gasteiger partial charge in [-0.1, -0.05) is 19.3 Å². The van der Waals surface area contributed by atoms with Crippen LogP contribution in [0.3, 0.4) is 0 Å². The number of aromatic nitrogens is 2. The number of rotatable bonds is 3. The maximum Gasteiger partial charge on any atom is 0.136 e. The number of benzene rings is 1.